The number of carbonyl (C=O) groups excluding carboxylic acids is 3. The Kier molecular flexibility index (Phi) is 4.33. The van der Waals surface area contributed by atoms with Crippen LogP contribution in [0.4, 0.5) is 4.39 Å². The maximum atomic E-state index is 13.8. The van der Waals surface area contributed by atoms with Gasteiger partial charge < -0.3 is 0 Å². The lowest BCUT2D eigenvalue weighted by molar-refractivity contribution is -0.142. The highest BCUT2D eigenvalue weighted by Crippen LogP contribution is 2.37. The lowest BCUT2D eigenvalue weighted by Gasteiger charge is -2.26. The van der Waals surface area contributed by atoms with Crippen molar-refractivity contribution >= 4 is 29.0 Å². The van der Waals surface area contributed by atoms with Crippen LogP contribution in [-0.2, 0) is 14.4 Å². The summed E-state index contributed by atoms with van der Waals surface area (Å²) in [4.78, 5) is 35.6. The third-order valence-electron chi connectivity index (χ3n) is 3.62. The largest absolute Gasteiger partial charge is 0.298 e. The van der Waals surface area contributed by atoms with Crippen molar-refractivity contribution in [3.05, 3.63) is 34.6 Å². The fourth-order valence-corrected chi connectivity index (χ4v) is 2.96. The average molecular weight is 297 g/mol. The normalized spacial score (nSPS) is 22.9. The van der Waals surface area contributed by atoms with E-state index in [1.165, 1.54) is 18.2 Å². The van der Waals surface area contributed by atoms with Crippen molar-refractivity contribution in [1.82, 2.24) is 0 Å². The van der Waals surface area contributed by atoms with Gasteiger partial charge in [-0.25, -0.2) is 4.39 Å². The van der Waals surface area contributed by atoms with Crippen LogP contribution in [0, 0.1) is 11.7 Å². The topological polar surface area (TPSA) is 51.2 Å². The molecule has 0 radical (unpaired) electrons. The van der Waals surface area contributed by atoms with E-state index in [0.29, 0.717) is 0 Å². The molecule has 0 amide bonds. The fourth-order valence-electron chi connectivity index (χ4n) is 2.64. The van der Waals surface area contributed by atoms with E-state index in [-0.39, 0.29) is 35.6 Å². The summed E-state index contributed by atoms with van der Waals surface area (Å²) < 4.78 is 13.8. The molecule has 106 valence electrons. The van der Waals surface area contributed by atoms with Crippen molar-refractivity contribution in [3.8, 4) is 0 Å². The zero-order valence-corrected chi connectivity index (χ0v) is 11.7. The SMILES string of the molecule is CCC(=O)C1C(=O)CC(c2c(F)cccc2Cl)CC1=O. The average Bonchev–Trinajstić information content (AvgIpc) is 2.37. The Hall–Kier alpha value is -1.55. The van der Waals surface area contributed by atoms with E-state index in [2.05, 4.69) is 0 Å². The zero-order chi connectivity index (χ0) is 14.9. The highest BCUT2D eigenvalue weighted by molar-refractivity contribution is 6.31. The molecule has 0 saturated heterocycles. The third-order valence-corrected chi connectivity index (χ3v) is 3.95. The molecule has 0 spiro atoms. The van der Waals surface area contributed by atoms with Crippen molar-refractivity contribution in [2.75, 3.05) is 0 Å². The summed E-state index contributed by atoms with van der Waals surface area (Å²) >= 11 is 5.95. The lowest BCUT2D eigenvalue weighted by Crippen LogP contribution is -2.38. The Morgan fingerprint density at radius 2 is 1.90 bits per heavy atom. The number of carbonyl (C=O) groups is 3. The van der Waals surface area contributed by atoms with Gasteiger partial charge in [-0.15, -0.1) is 0 Å². The summed E-state index contributed by atoms with van der Waals surface area (Å²) in [6, 6.07) is 4.24. The minimum Gasteiger partial charge on any atom is -0.298 e. The predicted molar refractivity (Wildman–Crippen MR) is 72.2 cm³/mol. The minimum atomic E-state index is -1.17. The van der Waals surface area contributed by atoms with Gasteiger partial charge in [-0.05, 0) is 12.1 Å². The summed E-state index contributed by atoms with van der Waals surface area (Å²) in [5.74, 6) is -3.50. The molecule has 1 aromatic carbocycles. The van der Waals surface area contributed by atoms with Crippen LogP contribution < -0.4 is 0 Å². The molecule has 0 aliphatic heterocycles. The standard InChI is InChI=1S/C15H14ClFO3/c1-2-11(18)15-12(19)6-8(7-13(15)20)14-9(16)4-3-5-10(14)17/h3-5,8,15H,2,6-7H2,1H3. The highest BCUT2D eigenvalue weighted by Gasteiger charge is 2.40. The summed E-state index contributed by atoms with van der Waals surface area (Å²) in [5.41, 5.74) is 0.193. The van der Waals surface area contributed by atoms with Crippen molar-refractivity contribution in [2.45, 2.75) is 32.1 Å². The van der Waals surface area contributed by atoms with Gasteiger partial charge in [-0.2, -0.15) is 0 Å². The molecule has 0 aromatic heterocycles. The van der Waals surface area contributed by atoms with Crippen molar-refractivity contribution in [3.63, 3.8) is 0 Å². The van der Waals surface area contributed by atoms with E-state index in [1.807, 2.05) is 0 Å². The van der Waals surface area contributed by atoms with Crippen molar-refractivity contribution in [2.24, 2.45) is 5.92 Å². The van der Waals surface area contributed by atoms with Crippen LogP contribution in [0.3, 0.4) is 0 Å². The Morgan fingerprint density at radius 1 is 1.30 bits per heavy atom. The first kappa shape index (κ1) is 14.9. The second-order valence-electron chi connectivity index (χ2n) is 4.93. The third kappa shape index (κ3) is 2.66. The maximum absolute atomic E-state index is 13.8. The molecule has 1 fully saturated rings. The molecule has 2 rings (SSSR count). The maximum Gasteiger partial charge on any atom is 0.151 e. The van der Waals surface area contributed by atoms with E-state index in [4.69, 9.17) is 11.6 Å². The van der Waals surface area contributed by atoms with E-state index < -0.39 is 29.2 Å². The number of hydrogen-bond donors (Lipinski definition) is 0. The molecule has 5 heteroatoms. The van der Waals surface area contributed by atoms with Gasteiger partial charge in [0.2, 0.25) is 0 Å². The Balaban J connectivity index is 2.30. The van der Waals surface area contributed by atoms with Crippen LogP contribution in [0.2, 0.25) is 5.02 Å². The summed E-state index contributed by atoms with van der Waals surface area (Å²) in [7, 11) is 0. The Morgan fingerprint density at radius 3 is 2.40 bits per heavy atom. The second-order valence-corrected chi connectivity index (χ2v) is 5.33. The second kappa shape index (κ2) is 5.83. The number of hydrogen-bond acceptors (Lipinski definition) is 3. The van der Waals surface area contributed by atoms with Crippen molar-refractivity contribution < 1.29 is 18.8 Å². The lowest BCUT2D eigenvalue weighted by atomic mass is 9.75. The molecule has 0 heterocycles. The molecule has 1 aliphatic carbocycles. The molecule has 20 heavy (non-hydrogen) atoms. The molecular weight excluding hydrogens is 283 g/mol. The van der Waals surface area contributed by atoms with E-state index in [0.717, 1.165) is 0 Å². The first-order valence-electron chi connectivity index (χ1n) is 6.47. The number of benzene rings is 1. The van der Waals surface area contributed by atoms with Gasteiger partial charge in [0.25, 0.3) is 0 Å². The summed E-state index contributed by atoms with van der Waals surface area (Å²) in [6.07, 6.45) is 0.0961. The molecule has 0 unspecified atom stereocenters. The minimum absolute atomic E-state index is 0.0250. The number of halogens is 2. The van der Waals surface area contributed by atoms with Gasteiger partial charge in [0.1, 0.15) is 11.7 Å². The number of ketones is 3. The molecule has 0 bridgehead atoms. The first-order valence-corrected chi connectivity index (χ1v) is 6.85. The van der Waals surface area contributed by atoms with Gasteiger partial charge in [0, 0.05) is 35.8 Å². The predicted octanol–water partition coefficient (Wildman–Crippen LogP) is 3.09. The number of rotatable bonds is 3. The number of Topliss-reactive ketones (excluding diaryl/α,β-unsaturated/α-hetero) is 3. The summed E-state index contributed by atoms with van der Waals surface area (Å²) in [5, 5.41) is 0.205. The highest BCUT2D eigenvalue weighted by atomic mass is 35.5. The zero-order valence-electron chi connectivity index (χ0n) is 11.0. The van der Waals surface area contributed by atoms with E-state index in [9.17, 15) is 18.8 Å². The molecule has 1 aromatic rings. The molecule has 1 saturated carbocycles. The van der Waals surface area contributed by atoms with E-state index >= 15 is 0 Å². The van der Waals surface area contributed by atoms with Gasteiger partial charge >= 0.3 is 0 Å². The molecular formula is C15H14ClFO3. The van der Waals surface area contributed by atoms with Crippen LogP contribution >= 0.6 is 11.6 Å². The monoisotopic (exact) mass is 296 g/mol. The molecule has 3 nitrogen and oxygen atoms in total. The quantitative estimate of drug-likeness (QED) is 0.805. The van der Waals surface area contributed by atoms with Crippen molar-refractivity contribution in [1.29, 1.82) is 0 Å². The molecule has 0 atom stereocenters. The fraction of sp³-hybridized carbons (Fsp3) is 0.400. The first-order chi connectivity index (χ1) is 9.45. The van der Waals surface area contributed by atoms with Gasteiger partial charge in [0.05, 0.1) is 0 Å². The Labute approximate surface area is 121 Å². The van der Waals surface area contributed by atoms with Gasteiger partial charge in [-0.1, -0.05) is 24.6 Å². The molecule has 1 aliphatic rings. The summed E-state index contributed by atoms with van der Waals surface area (Å²) in [6.45, 7) is 1.61. The van der Waals surface area contributed by atoms with Crippen LogP contribution in [-0.4, -0.2) is 17.3 Å². The van der Waals surface area contributed by atoms with Gasteiger partial charge in [0.15, 0.2) is 17.3 Å². The van der Waals surface area contributed by atoms with Crippen LogP contribution in [0.15, 0.2) is 18.2 Å². The van der Waals surface area contributed by atoms with E-state index in [1.54, 1.807) is 6.92 Å². The van der Waals surface area contributed by atoms with Crippen LogP contribution in [0.1, 0.15) is 37.7 Å². The molecule has 0 N–H and O–H groups in total. The van der Waals surface area contributed by atoms with Crippen LogP contribution in [0.5, 0.6) is 0 Å². The Bertz CT molecular complexity index is 544. The smallest absolute Gasteiger partial charge is 0.151 e. The van der Waals surface area contributed by atoms with Crippen LogP contribution in [0.25, 0.3) is 0 Å². The van der Waals surface area contributed by atoms with Gasteiger partial charge in [-0.3, -0.25) is 14.4 Å².